The lowest BCUT2D eigenvalue weighted by atomic mass is 9.99. The fourth-order valence-electron chi connectivity index (χ4n) is 2.91. The molecule has 116 valence electrons. The number of aromatic nitrogens is 1. The predicted octanol–water partition coefficient (Wildman–Crippen LogP) is 3.13. The highest BCUT2D eigenvalue weighted by Gasteiger charge is 2.30. The summed E-state index contributed by atoms with van der Waals surface area (Å²) in [5.41, 5.74) is 0.640. The molecule has 0 radical (unpaired) electrons. The Hall–Kier alpha value is -1.30. The van der Waals surface area contributed by atoms with E-state index in [0.29, 0.717) is 12.2 Å². The van der Waals surface area contributed by atoms with E-state index < -0.39 is 5.97 Å². The lowest BCUT2D eigenvalue weighted by Gasteiger charge is -2.35. The van der Waals surface area contributed by atoms with Gasteiger partial charge in [-0.15, -0.1) is 0 Å². The second-order valence-corrected chi connectivity index (χ2v) is 6.40. The molecular formula is C15H21BrN2O3. The molecular weight excluding hydrogens is 336 g/mol. The van der Waals surface area contributed by atoms with E-state index in [1.165, 1.54) is 0 Å². The minimum atomic E-state index is -0.843. The summed E-state index contributed by atoms with van der Waals surface area (Å²) < 4.78 is 2.82. The van der Waals surface area contributed by atoms with E-state index in [2.05, 4.69) is 22.9 Å². The van der Waals surface area contributed by atoms with Gasteiger partial charge in [-0.25, -0.2) is 0 Å². The fourth-order valence-corrected chi connectivity index (χ4v) is 3.37. The number of hydrogen-bond donors (Lipinski definition) is 1. The van der Waals surface area contributed by atoms with Crippen LogP contribution in [0.5, 0.6) is 0 Å². The van der Waals surface area contributed by atoms with E-state index in [-0.39, 0.29) is 18.4 Å². The minimum Gasteiger partial charge on any atom is -0.481 e. The first-order chi connectivity index (χ1) is 10.0. The van der Waals surface area contributed by atoms with Crippen LogP contribution in [0.15, 0.2) is 16.7 Å². The first-order valence-corrected chi connectivity index (χ1v) is 8.20. The van der Waals surface area contributed by atoms with E-state index >= 15 is 0 Å². The van der Waals surface area contributed by atoms with Crippen LogP contribution < -0.4 is 0 Å². The number of aryl methyl sites for hydroxylation is 1. The van der Waals surface area contributed by atoms with Crippen LogP contribution in [-0.2, 0) is 11.3 Å². The second kappa shape index (κ2) is 7.11. The van der Waals surface area contributed by atoms with Crippen molar-refractivity contribution in [2.75, 3.05) is 6.54 Å². The molecule has 0 bridgehead atoms. The Morgan fingerprint density at radius 2 is 2.19 bits per heavy atom. The molecule has 1 aromatic heterocycles. The molecule has 0 aliphatic carbocycles. The summed E-state index contributed by atoms with van der Waals surface area (Å²) in [6.45, 7) is 3.49. The van der Waals surface area contributed by atoms with Crippen LogP contribution in [0.2, 0.25) is 0 Å². The van der Waals surface area contributed by atoms with Crippen LogP contribution in [0, 0.1) is 0 Å². The van der Waals surface area contributed by atoms with Gasteiger partial charge in [-0.2, -0.15) is 0 Å². The molecule has 0 aromatic carbocycles. The predicted molar refractivity (Wildman–Crippen MR) is 83.4 cm³/mol. The van der Waals surface area contributed by atoms with Crippen molar-refractivity contribution < 1.29 is 14.7 Å². The molecule has 1 atom stereocenters. The molecule has 1 unspecified atom stereocenters. The molecule has 1 saturated heterocycles. The number of carboxylic acid groups (broad SMARTS) is 1. The van der Waals surface area contributed by atoms with Gasteiger partial charge in [0.1, 0.15) is 5.69 Å². The van der Waals surface area contributed by atoms with Crippen LogP contribution >= 0.6 is 15.9 Å². The lowest BCUT2D eigenvalue weighted by Crippen LogP contribution is -2.45. The molecule has 1 aliphatic heterocycles. The zero-order valence-electron chi connectivity index (χ0n) is 12.2. The maximum absolute atomic E-state index is 12.8. The van der Waals surface area contributed by atoms with Crippen molar-refractivity contribution in [3.05, 3.63) is 22.4 Å². The summed E-state index contributed by atoms with van der Waals surface area (Å²) in [5, 5.41) is 9.03. The highest BCUT2D eigenvalue weighted by Crippen LogP contribution is 2.24. The van der Waals surface area contributed by atoms with Crippen molar-refractivity contribution in [3.8, 4) is 0 Å². The maximum atomic E-state index is 12.8. The molecule has 1 aromatic rings. The third kappa shape index (κ3) is 3.87. The summed E-state index contributed by atoms with van der Waals surface area (Å²) in [7, 11) is 0. The van der Waals surface area contributed by atoms with Crippen molar-refractivity contribution in [1.82, 2.24) is 9.47 Å². The summed E-state index contributed by atoms with van der Waals surface area (Å²) >= 11 is 3.42. The smallest absolute Gasteiger partial charge is 0.305 e. The van der Waals surface area contributed by atoms with Crippen molar-refractivity contribution in [3.63, 3.8) is 0 Å². The van der Waals surface area contributed by atoms with Crippen LogP contribution in [-0.4, -0.2) is 39.0 Å². The van der Waals surface area contributed by atoms with Crippen molar-refractivity contribution >= 4 is 27.8 Å². The van der Waals surface area contributed by atoms with Gasteiger partial charge in [0.25, 0.3) is 5.91 Å². The molecule has 1 amide bonds. The summed E-state index contributed by atoms with van der Waals surface area (Å²) in [4.78, 5) is 25.5. The molecule has 1 N–H and O–H groups in total. The van der Waals surface area contributed by atoms with E-state index in [1.54, 1.807) is 4.90 Å². The van der Waals surface area contributed by atoms with E-state index in [9.17, 15) is 9.59 Å². The number of hydrogen-bond acceptors (Lipinski definition) is 2. The number of carboxylic acids is 1. The summed E-state index contributed by atoms with van der Waals surface area (Å²) in [5.74, 6) is -0.898. The Labute approximate surface area is 133 Å². The van der Waals surface area contributed by atoms with Crippen molar-refractivity contribution in [1.29, 1.82) is 0 Å². The Kier molecular flexibility index (Phi) is 5.45. The topological polar surface area (TPSA) is 62.5 Å². The molecule has 1 aliphatic rings. The quantitative estimate of drug-likeness (QED) is 0.881. The Morgan fingerprint density at radius 1 is 1.43 bits per heavy atom. The van der Waals surface area contributed by atoms with Gasteiger partial charge >= 0.3 is 5.97 Å². The normalized spacial score (nSPS) is 18.8. The molecule has 6 heteroatoms. The zero-order chi connectivity index (χ0) is 15.4. The van der Waals surface area contributed by atoms with Crippen LogP contribution in [0.25, 0.3) is 0 Å². The van der Waals surface area contributed by atoms with Gasteiger partial charge < -0.3 is 14.6 Å². The molecule has 2 rings (SSSR count). The van der Waals surface area contributed by atoms with Gasteiger partial charge in [-0.3, -0.25) is 9.59 Å². The van der Waals surface area contributed by atoms with Crippen molar-refractivity contribution in [2.45, 2.75) is 51.6 Å². The van der Waals surface area contributed by atoms with Gasteiger partial charge in [0, 0.05) is 29.8 Å². The minimum absolute atomic E-state index is 0.0292. The van der Waals surface area contributed by atoms with Crippen LogP contribution in [0.1, 0.15) is 49.5 Å². The maximum Gasteiger partial charge on any atom is 0.305 e. The average Bonchev–Trinajstić information content (AvgIpc) is 2.79. The largest absolute Gasteiger partial charge is 0.481 e. The molecule has 0 spiro atoms. The number of carbonyl (C=O) groups is 2. The Bertz CT molecular complexity index is 527. The summed E-state index contributed by atoms with van der Waals surface area (Å²) in [6, 6.07) is 1.64. The van der Waals surface area contributed by atoms with Gasteiger partial charge in [-0.05, 0) is 47.7 Å². The molecule has 5 nitrogen and oxygen atoms in total. The molecule has 21 heavy (non-hydrogen) atoms. The zero-order valence-corrected chi connectivity index (χ0v) is 13.8. The van der Waals surface area contributed by atoms with E-state index in [1.807, 2.05) is 16.8 Å². The highest BCUT2D eigenvalue weighted by molar-refractivity contribution is 9.10. The third-order valence-corrected chi connectivity index (χ3v) is 4.28. The first-order valence-electron chi connectivity index (χ1n) is 7.41. The first kappa shape index (κ1) is 16.1. The second-order valence-electron chi connectivity index (χ2n) is 5.48. The number of rotatable bonds is 5. The van der Waals surface area contributed by atoms with Gasteiger partial charge in [0.05, 0.1) is 6.42 Å². The Balaban J connectivity index is 2.22. The Morgan fingerprint density at radius 3 is 2.86 bits per heavy atom. The number of amides is 1. The monoisotopic (exact) mass is 356 g/mol. The fraction of sp³-hybridized carbons (Fsp3) is 0.600. The van der Waals surface area contributed by atoms with Gasteiger partial charge in [0.2, 0.25) is 0 Å². The number of halogens is 1. The van der Waals surface area contributed by atoms with Crippen molar-refractivity contribution in [2.24, 2.45) is 0 Å². The number of piperidine rings is 1. The number of carbonyl (C=O) groups excluding carboxylic acids is 1. The third-order valence-electron chi connectivity index (χ3n) is 3.85. The van der Waals surface area contributed by atoms with E-state index in [0.717, 1.165) is 36.7 Å². The SMILES string of the molecule is CCCn1cc(Br)cc1C(=O)N1CCCCC1CC(=O)O. The molecule has 0 saturated carbocycles. The van der Waals surface area contributed by atoms with Crippen LogP contribution in [0.3, 0.4) is 0 Å². The summed E-state index contributed by atoms with van der Waals surface area (Å²) in [6.07, 6.45) is 5.58. The van der Waals surface area contributed by atoms with Gasteiger partial charge in [-0.1, -0.05) is 6.92 Å². The standard InChI is InChI=1S/C15H21BrN2O3/c1-2-6-17-10-11(16)8-13(17)15(21)18-7-4-3-5-12(18)9-14(19)20/h8,10,12H,2-7,9H2,1H3,(H,19,20). The van der Waals surface area contributed by atoms with Crippen LogP contribution in [0.4, 0.5) is 0 Å². The lowest BCUT2D eigenvalue weighted by molar-refractivity contribution is -0.138. The highest BCUT2D eigenvalue weighted by atomic mass is 79.9. The number of aliphatic carboxylic acids is 1. The molecule has 1 fully saturated rings. The number of nitrogens with zero attached hydrogens (tertiary/aromatic N) is 2. The molecule has 2 heterocycles. The van der Waals surface area contributed by atoms with Gasteiger partial charge in [0.15, 0.2) is 0 Å². The number of likely N-dealkylation sites (tertiary alicyclic amines) is 1. The van der Waals surface area contributed by atoms with E-state index in [4.69, 9.17) is 5.11 Å². The average molecular weight is 357 g/mol.